The molecule has 4 heteroatoms. The molecule has 0 aromatic heterocycles. The van der Waals surface area contributed by atoms with E-state index >= 15 is 0 Å². The number of ether oxygens (including phenoxy) is 1. The fourth-order valence-corrected chi connectivity index (χ4v) is 3.21. The first-order valence-corrected chi connectivity index (χ1v) is 7.47. The van der Waals surface area contributed by atoms with E-state index in [-0.39, 0.29) is 12.3 Å². The summed E-state index contributed by atoms with van der Waals surface area (Å²) in [5.74, 6) is 0. The number of rotatable bonds is 2. The Labute approximate surface area is 120 Å². The molecule has 0 unspecified atom stereocenters. The van der Waals surface area contributed by atoms with Crippen LogP contribution in [0.4, 0.5) is 5.69 Å². The Bertz CT molecular complexity index is 460. The van der Waals surface area contributed by atoms with Gasteiger partial charge in [-0.25, -0.2) is 0 Å². The molecule has 3 atom stereocenters. The van der Waals surface area contributed by atoms with Crippen molar-refractivity contribution in [3.05, 3.63) is 29.8 Å². The van der Waals surface area contributed by atoms with Gasteiger partial charge in [0.25, 0.3) is 0 Å². The lowest BCUT2D eigenvalue weighted by Gasteiger charge is -2.46. The maximum Gasteiger partial charge on any atom is 0.134 e. The fraction of sp³-hybridized carbons (Fsp3) is 0.625. The van der Waals surface area contributed by atoms with Gasteiger partial charge in [0.05, 0.1) is 6.10 Å². The summed E-state index contributed by atoms with van der Waals surface area (Å²) in [7, 11) is 4.07. The molecule has 0 amide bonds. The van der Waals surface area contributed by atoms with E-state index in [2.05, 4.69) is 34.5 Å². The molecule has 1 aromatic carbocycles. The molecule has 1 aliphatic heterocycles. The number of anilines is 1. The predicted molar refractivity (Wildman–Crippen MR) is 79.8 cm³/mol. The third kappa shape index (κ3) is 2.55. The molecule has 110 valence electrons. The number of aliphatic hydroxyl groups is 1. The van der Waals surface area contributed by atoms with Gasteiger partial charge in [0, 0.05) is 26.3 Å². The van der Waals surface area contributed by atoms with E-state index in [0.29, 0.717) is 6.54 Å². The van der Waals surface area contributed by atoms with Crippen LogP contribution < -0.4 is 10.2 Å². The summed E-state index contributed by atoms with van der Waals surface area (Å²) < 4.78 is 6.11. The van der Waals surface area contributed by atoms with Gasteiger partial charge in [-0.3, -0.25) is 5.32 Å². The number of nitrogens with one attached hydrogen (secondary N) is 1. The lowest BCUT2D eigenvalue weighted by atomic mass is 9.81. The van der Waals surface area contributed by atoms with Gasteiger partial charge in [0.2, 0.25) is 0 Å². The lowest BCUT2D eigenvalue weighted by molar-refractivity contribution is -0.195. The number of hydrogen-bond donors (Lipinski definition) is 2. The maximum absolute atomic E-state index is 10.6. The summed E-state index contributed by atoms with van der Waals surface area (Å²) >= 11 is 0. The smallest absolute Gasteiger partial charge is 0.134 e. The van der Waals surface area contributed by atoms with E-state index < -0.39 is 5.60 Å². The SMILES string of the molecule is CN(C)c1ccc([C@H]2NC[C@]3(O)CCCC[C@H]3O2)cc1. The van der Waals surface area contributed by atoms with Crippen LogP contribution in [0.5, 0.6) is 0 Å². The molecule has 1 heterocycles. The van der Waals surface area contributed by atoms with E-state index in [1.807, 2.05) is 14.1 Å². The average molecular weight is 276 g/mol. The van der Waals surface area contributed by atoms with Crippen molar-refractivity contribution in [3.63, 3.8) is 0 Å². The molecule has 4 nitrogen and oxygen atoms in total. The topological polar surface area (TPSA) is 44.7 Å². The Balaban J connectivity index is 1.72. The minimum absolute atomic E-state index is 0.0315. The van der Waals surface area contributed by atoms with Gasteiger partial charge in [-0.15, -0.1) is 0 Å². The largest absolute Gasteiger partial charge is 0.386 e. The zero-order valence-corrected chi connectivity index (χ0v) is 12.3. The number of hydrogen-bond acceptors (Lipinski definition) is 4. The average Bonchev–Trinajstić information content (AvgIpc) is 2.46. The highest BCUT2D eigenvalue weighted by Crippen LogP contribution is 2.36. The zero-order valence-electron chi connectivity index (χ0n) is 12.3. The van der Waals surface area contributed by atoms with Crippen LogP contribution in [0, 0.1) is 0 Å². The molecule has 20 heavy (non-hydrogen) atoms. The number of fused-ring (bicyclic) bond motifs is 1. The Morgan fingerprint density at radius 2 is 2.00 bits per heavy atom. The highest BCUT2D eigenvalue weighted by atomic mass is 16.5. The summed E-state index contributed by atoms with van der Waals surface area (Å²) in [4.78, 5) is 2.08. The van der Waals surface area contributed by atoms with Crippen LogP contribution >= 0.6 is 0 Å². The molecule has 1 saturated carbocycles. The highest BCUT2D eigenvalue weighted by Gasteiger charge is 2.44. The van der Waals surface area contributed by atoms with Gasteiger partial charge in [-0.2, -0.15) is 0 Å². The molecular formula is C16H24N2O2. The maximum atomic E-state index is 10.6. The second-order valence-corrected chi connectivity index (χ2v) is 6.22. The third-order valence-corrected chi connectivity index (χ3v) is 4.53. The van der Waals surface area contributed by atoms with Crippen LogP contribution in [0.3, 0.4) is 0 Å². The summed E-state index contributed by atoms with van der Waals surface area (Å²) in [5, 5.41) is 13.9. The van der Waals surface area contributed by atoms with Crippen LogP contribution in [-0.2, 0) is 4.74 Å². The van der Waals surface area contributed by atoms with Crippen molar-refractivity contribution in [3.8, 4) is 0 Å². The molecule has 2 aliphatic rings. The molecule has 3 rings (SSSR count). The second-order valence-electron chi connectivity index (χ2n) is 6.22. The summed E-state index contributed by atoms with van der Waals surface area (Å²) in [6, 6.07) is 8.39. The zero-order chi connectivity index (χ0) is 14.2. The van der Waals surface area contributed by atoms with Gasteiger partial charge < -0.3 is 14.7 Å². The molecule has 0 radical (unpaired) electrons. The molecule has 1 aliphatic carbocycles. The minimum Gasteiger partial charge on any atom is -0.386 e. The van der Waals surface area contributed by atoms with Crippen molar-refractivity contribution in [1.82, 2.24) is 5.32 Å². The predicted octanol–water partition coefficient (Wildman–Crippen LogP) is 2.04. The van der Waals surface area contributed by atoms with Gasteiger partial charge in [-0.1, -0.05) is 25.0 Å². The first-order chi connectivity index (χ1) is 9.58. The van der Waals surface area contributed by atoms with Gasteiger partial charge in [0.15, 0.2) is 0 Å². The Morgan fingerprint density at radius 3 is 2.70 bits per heavy atom. The van der Waals surface area contributed by atoms with E-state index in [9.17, 15) is 5.11 Å². The van der Waals surface area contributed by atoms with Gasteiger partial charge in [-0.05, 0) is 30.5 Å². The van der Waals surface area contributed by atoms with Crippen LogP contribution in [-0.4, -0.2) is 37.5 Å². The summed E-state index contributed by atoms with van der Waals surface area (Å²) in [6.07, 6.45) is 3.92. The molecule has 2 fully saturated rings. The molecule has 0 spiro atoms. The molecule has 0 bridgehead atoms. The third-order valence-electron chi connectivity index (χ3n) is 4.53. The van der Waals surface area contributed by atoms with Crippen molar-refractivity contribution in [2.75, 3.05) is 25.5 Å². The van der Waals surface area contributed by atoms with Crippen molar-refractivity contribution in [2.45, 2.75) is 43.6 Å². The Hall–Kier alpha value is -1.10. The summed E-state index contributed by atoms with van der Waals surface area (Å²) in [6.45, 7) is 0.623. The van der Waals surface area contributed by atoms with Gasteiger partial charge in [0.1, 0.15) is 11.8 Å². The number of β-amino-alcohol motifs (C(OH)–C–C–N with tert-alkyl or cyclic N) is 1. The summed E-state index contributed by atoms with van der Waals surface area (Å²) in [5.41, 5.74) is 1.64. The van der Waals surface area contributed by atoms with Crippen molar-refractivity contribution >= 4 is 5.69 Å². The second kappa shape index (κ2) is 5.35. The van der Waals surface area contributed by atoms with Crippen LogP contribution in [0.25, 0.3) is 0 Å². The monoisotopic (exact) mass is 276 g/mol. The Morgan fingerprint density at radius 1 is 1.25 bits per heavy atom. The normalized spacial score (nSPS) is 33.5. The molecule has 1 saturated heterocycles. The number of benzene rings is 1. The van der Waals surface area contributed by atoms with Crippen LogP contribution in [0.2, 0.25) is 0 Å². The van der Waals surface area contributed by atoms with Crippen molar-refractivity contribution in [2.24, 2.45) is 0 Å². The van der Waals surface area contributed by atoms with Crippen LogP contribution in [0.15, 0.2) is 24.3 Å². The lowest BCUT2D eigenvalue weighted by Crippen LogP contribution is -2.59. The van der Waals surface area contributed by atoms with E-state index in [1.165, 1.54) is 5.69 Å². The van der Waals surface area contributed by atoms with Crippen molar-refractivity contribution < 1.29 is 9.84 Å². The molecular weight excluding hydrogens is 252 g/mol. The van der Waals surface area contributed by atoms with E-state index in [4.69, 9.17) is 4.74 Å². The first-order valence-electron chi connectivity index (χ1n) is 7.47. The quantitative estimate of drug-likeness (QED) is 0.868. The van der Waals surface area contributed by atoms with Gasteiger partial charge >= 0.3 is 0 Å². The van der Waals surface area contributed by atoms with Crippen molar-refractivity contribution in [1.29, 1.82) is 0 Å². The standard InChI is InChI=1S/C16H24N2O2/c1-18(2)13-8-6-12(7-9-13)15-17-11-16(19)10-4-3-5-14(16)20-15/h6-9,14-15,17,19H,3-5,10-11H2,1-2H3/t14-,15+,16-/m1/s1. The first kappa shape index (κ1) is 13.9. The van der Waals surface area contributed by atoms with Crippen LogP contribution in [0.1, 0.15) is 37.5 Å². The number of nitrogens with zero attached hydrogens (tertiary/aromatic N) is 1. The highest BCUT2D eigenvalue weighted by molar-refractivity contribution is 5.46. The van der Waals surface area contributed by atoms with E-state index in [1.54, 1.807) is 0 Å². The fourth-order valence-electron chi connectivity index (χ4n) is 3.21. The van der Waals surface area contributed by atoms with E-state index in [0.717, 1.165) is 31.2 Å². The molecule has 2 N–H and O–H groups in total. The Kier molecular flexibility index (Phi) is 3.71. The molecule has 1 aromatic rings. The minimum atomic E-state index is -0.668.